The van der Waals surface area contributed by atoms with Crippen molar-refractivity contribution in [3.8, 4) is 11.5 Å². The molecular weight excluding hydrogens is 244 g/mol. The fourth-order valence-electron chi connectivity index (χ4n) is 1.28. The standard InChI is InChI=1S/C12H7F2NO3/c13-7-1-2-11(9(14)5-7)18-8-3-4-15-10(6-8)12(16)17/h1-6H,(H,16,17). The molecule has 0 spiro atoms. The SMILES string of the molecule is O=C(O)c1cc(Oc2ccc(F)cc2F)ccn1. The first-order chi connectivity index (χ1) is 8.56. The first-order valence-electron chi connectivity index (χ1n) is 4.88. The number of aromatic nitrogens is 1. The maximum atomic E-state index is 13.3. The van der Waals surface area contributed by atoms with E-state index in [1.54, 1.807) is 0 Å². The molecule has 0 fully saturated rings. The molecule has 1 heterocycles. The molecule has 18 heavy (non-hydrogen) atoms. The molecule has 0 amide bonds. The van der Waals surface area contributed by atoms with Gasteiger partial charge in [-0.25, -0.2) is 18.6 Å². The molecular formula is C12H7F2NO3. The summed E-state index contributed by atoms with van der Waals surface area (Å²) in [6.07, 6.45) is 1.22. The smallest absolute Gasteiger partial charge is 0.354 e. The zero-order valence-electron chi connectivity index (χ0n) is 8.93. The molecule has 0 unspecified atom stereocenters. The number of pyridine rings is 1. The Labute approximate surface area is 100 Å². The second-order valence-corrected chi connectivity index (χ2v) is 3.36. The summed E-state index contributed by atoms with van der Waals surface area (Å²) in [6.45, 7) is 0. The lowest BCUT2D eigenvalue weighted by Crippen LogP contribution is -2.00. The summed E-state index contributed by atoms with van der Waals surface area (Å²) in [5.74, 6) is -2.91. The normalized spacial score (nSPS) is 10.1. The minimum atomic E-state index is -1.22. The fraction of sp³-hybridized carbons (Fsp3) is 0. The molecule has 1 aromatic carbocycles. The van der Waals surface area contributed by atoms with Crippen molar-refractivity contribution in [3.63, 3.8) is 0 Å². The van der Waals surface area contributed by atoms with Crippen molar-refractivity contribution in [2.45, 2.75) is 0 Å². The van der Waals surface area contributed by atoms with E-state index in [0.717, 1.165) is 18.2 Å². The molecule has 0 saturated carbocycles. The Bertz CT molecular complexity index is 602. The lowest BCUT2D eigenvalue weighted by atomic mass is 10.3. The van der Waals surface area contributed by atoms with E-state index in [2.05, 4.69) is 4.98 Å². The van der Waals surface area contributed by atoms with Gasteiger partial charge in [-0.3, -0.25) is 0 Å². The summed E-state index contributed by atoms with van der Waals surface area (Å²) >= 11 is 0. The highest BCUT2D eigenvalue weighted by atomic mass is 19.1. The Morgan fingerprint density at radius 3 is 2.67 bits per heavy atom. The van der Waals surface area contributed by atoms with E-state index in [9.17, 15) is 13.6 Å². The number of carboxylic acids is 1. The number of carboxylic acid groups (broad SMARTS) is 1. The van der Waals surface area contributed by atoms with Crippen molar-refractivity contribution in [1.29, 1.82) is 0 Å². The minimum Gasteiger partial charge on any atom is -0.477 e. The zero-order chi connectivity index (χ0) is 13.1. The Morgan fingerprint density at radius 2 is 2.00 bits per heavy atom. The van der Waals surface area contributed by atoms with E-state index in [1.165, 1.54) is 12.3 Å². The van der Waals surface area contributed by atoms with Crippen LogP contribution in [0.3, 0.4) is 0 Å². The van der Waals surface area contributed by atoms with Crippen molar-refractivity contribution >= 4 is 5.97 Å². The van der Waals surface area contributed by atoms with Gasteiger partial charge in [-0.15, -0.1) is 0 Å². The van der Waals surface area contributed by atoms with Crippen molar-refractivity contribution in [1.82, 2.24) is 4.98 Å². The number of nitrogens with zero attached hydrogens (tertiary/aromatic N) is 1. The maximum Gasteiger partial charge on any atom is 0.354 e. The largest absolute Gasteiger partial charge is 0.477 e. The summed E-state index contributed by atoms with van der Waals surface area (Å²) in [5, 5.41) is 8.72. The third-order valence-corrected chi connectivity index (χ3v) is 2.07. The van der Waals surface area contributed by atoms with E-state index in [0.29, 0.717) is 6.07 Å². The Kier molecular flexibility index (Phi) is 3.18. The van der Waals surface area contributed by atoms with Gasteiger partial charge in [0.05, 0.1) is 0 Å². The number of carbonyl (C=O) groups is 1. The van der Waals surface area contributed by atoms with Gasteiger partial charge in [0.15, 0.2) is 17.3 Å². The van der Waals surface area contributed by atoms with Crippen LogP contribution in [0.25, 0.3) is 0 Å². The molecule has 0 atom stereocenters. The van der Waals surface area contributed by atoms with Crippen molar-refractivity contribution < 1.29 is 23.4 Å². The van der Waals surface area contributed by atoms with Crippen molar-refractivity contribution in [2.75, 3.05) is 0 Å². The predicted molar refractivity (Wildman–Crippen MR) is 57.6 cm³/mol. The van der Waals surface area contributed by atoms with Crippen LogP contribution in [0.2, 0.25) is 0 Å². The van der Waals surface area contributed by atoms with E-state index >= 15 is 0 Å². The van der Waals surface area contributed by atoms with Gasteiger partial charge in [0.2, 0.25) is 0 Å². The van der Waals surface area contributed by atoms with Crippen LogP contribution in [0, 0.1) is 11.6 Å². The first-order valence-corrected chi connectivity index (χ1v) is 4.88. The van der Waals surface area contributed by atoms with Crippen LogP contribution in [-0.4, -0.2) is 16.1 Å². The molecule has 1 N–H and O–H groups in total. The summed E-state index contributed by atoms with van der Waals surface area (Å²) in [4.78, 5) is 14.3. The molecule has 2 rings (SSSR count). The molecule has 0 aliphatic rings. The van der Waals surface area contributed by atoms with Gasteiger partial charge in [-0.1, -0.05) is 0 Å². The summed E-state index contributed by atoms with van der Waals surface area (Å²) in [5.41, 5.74) is -0.227. The number of rotatable bonds is 3. The van der Waals surface area contributed by atoms with Gasteiger partial charge in [0.1, 0.15) is 11.6 Å². The minimum absolute atomic E-state index is 0.105. The highest BCUT2D eigenvalue weighted by molar-refractivity contribution is 5.85. The summed E-state index contributed by atoms with van der Waals surface area (Å²) < 4.78 is 31.1. The molecule has 0 aliphatic heterocycles. The van der Waals surface area contributed by atoms with Gasteiger partial charge < -0.3 is 9.84 Å². The fourth-order valence-corrected chi connectivity index (χ4v) is 1.28. The number of benzene rings is 1. The van der Waals surface area contributed by atoms with Crippen LogP contribution >= 0.6 is 0 Å². The third kappa shape index (κ3) is 2.60. The van der Waals surface area contributed by atoms with Gasteiger partial charge in [0.25, 0.3) is 0 Å². The molecule has 0 saturated heterocycles. The Morgan fingerprint density at radius 1 is 1.22 bits per heavy atom. The molecule has 2 aromatic rings. The molecule has 1 aromatic heterocycles. The van der Waals surface area contributed by atoms with Crippen LogP contribution in [0.1, 0.15) is 10.5 Å². The third-order valence-electron chi connectivity index (χ3n) is 2.07. The molecule has 4 nitrogen and oxygen atoms in total. The second kappa shape index (κ2) is 4.79. The van der Waals surface area contributed by atoms with Gasteiger partial charge in [-0.05, 0) is 18.2 Å². The van der Waals surface area contributed by atoms with Gasteiger partial charge in [0, 0.05) is 18.3 Å². The quantitative estimate of drug-likeness (QED) is 0.911. The number of halogens is 2. The molecule has 0 bridgehead atoms. The summed E-state index contributed by atoms with van der Waals surface area (Å²) in [6, 6.07) is 5.35. The number of ether oxygens (including phenoxy) is 1. The molecule has 0 aliphatic carbocycles. The summed E-state index contributed by atoms with van der Waals surface area (Å²) in [7, 11) is 0. The maximum absolute atomic E-state index is 13.3. The average molecular weight is 251 g/mol. The van der Waals surface area contributed by atoms with Crippen LogP contribution < -0.4 is 4.74 Å². The van der Waals surface area contributed by atoms with Gasteiger partial charge >= 0.3 is 5.97 Å². The highest BCUT2D eigenvalue weighted by Gasteiger charge is 2.09. The Hall–Kier alpha value is -2.50. The lowest BCUT2D eigenvalue weighted by molar-refractivity contribution is 0.0690. The lowest BCUT2D eigenvalue weighted by Gasteiger charge is -2.06. The predicted octanol–water partition coefficient (Wildman–Crippen LogP) is 2.85. The monoisotopic (exact) mass is 251 g/mol. The van der Waals surface area contributed by atoms with Crippen LogP contribution in [0.15, 0.2) is 36.5 Å². The number of hydrogen-bond acceptors (Lipinski definition) is 3. The van der Waals surface area contributed by atoms with Crippen LogP contribution in [0.4, 0.5) is 8.78 Å². The van der Waals surface area contributed by atoms with E-state index in [-0.39, 0.29) is 17.2 Å². The van der Waals surface area contributed by atoms with Gasteiger partial charge in [-0.2, -0.15) is 0 Å². The van der Waals surface area contributed by atoms with Crippen LogP contribution in [-0.2, 0) is 0 Å². The average Bonchev–Trinajstić information content (AvgIpc) is 2.33. The zero-order valence-corrected chi connectivity index (χ0v) is 8.93. The van der Waals surface area contributed by atoms with Crippen molar-refractivity contribution in [2.24, 2.45) is 0 Å². The number of hydrogen-bond donors (Lipinski definition) is 1. The van der Waals surface area contributed by atoms with E-state index < -0.39 is 17.6 Å². The molecule has 92 valence electrons. The van der Waals surface area contributed by atoms with E-state index in [1.807, 2.05) is 0 Å². The van der Waals surface area contributed by atoms with Crippen molar-refractivity contribution in [3.05, 3.63) is 53.9 Å². The highest BCUT2D eigenvalue weighted by Crippen LogP contribution is 2.24. The van der Waals surface area contributed by atoms with E-state index in [4.69, 9.17) is 9.84 Å². The second-order valence-electron chi connectivity index (χ2n) is 3.36. The Balaban J connectivity index is 2.28. The topological polar surface area (TPSA) is 59.4 Å². The number of aromatic carboxylic acids is 1. The molecule has 6 heteroatoms. The first kappa shape index (κ1) is 12.0. The molecule has 0 radical (unpaired) electrons. The van der Waals surface area contributed by atoms with Crippen LogP contribution in [0.5, 0.6) is 11.5 Å².